The van der Waals surface area contributed by atoms with Crippen molar-refractivity contribution in [3.05, 3.63) is 11.6 Å². The maximum absolute atomic E-state index is 11.7. The highest BCUT2D eigenvalue weighted by Crippen LogP contribution is 2.38. The van der Waals surface area contributed by atoms with E-state index in [0.29, 0.717) is 6.42 Å². The number of fused-ring (bicyclic) bond motifs is 1. The molecule has 2 aliphatic rings. The van der Waals surface area contributed by atoms with Crippen molar-refractivity contribution in [2.75, 3.05) is 0 Å². The summed E-state index contributed by atoms with van der Waals surface area (Å²) in [4.78, 5) is 13.3. The number of carbonyl (C=O) groups excluding carboxylic acids is 1. The Kier molecular flexibility index (Phi) is 2.59. The fourth-order valence-electron chi connectivity index (χ4n) is 2.88. The van der Waals surface area contributed by atoms with Gasteiger partial charge >= 0.3 is 0 Å². The van der Waals surface area contributed by atoms with E-state index >= 15 is 0 Å². The molecule has 0 unspecified atom stereocenters. The minimum atomic E-state index is -0.636. The molecule has 1 N–H and O–H groups in total. The maximum atomic E-state index is 11.7. The number of amides is 1. The van der Waals surface area contributed by atoms with Crippen molar-refractivity contribution in [2.24, 2.45) is 0 Å². The van der Waals surface area contributed by atoms with Crippen molar-refractivity contribution in [1.29, 1.82) is 0 Å². The molecule has 4 nitrogen and oxygen atoms in total. The third-order valence-electron chi connectivity index (χ3n) is 3.35. The summed E-state index contributed by atoms with van der Waals surface area (Å²) in [6, 6.07) is -0.240. The molecule has 4 heteroatoms. The highest BCUT2D eigenvalue weighted by Gasteiger charge is 2.51. The average Bonchev–Trinajstić information content (AvgIpc) is 2.34. The van der Waals surface area contributed by atoms with Gasteiger partial charge in [0.05, 0.1) is 12.1 Å². The quantitative estimate of drug-likeness (QED) is 0.627. The van der Waals surface area contributed by atoms with Crippen molar-refractivity contribution in [3.8, 4) is 0 Å². The van der Waals surface area contributed by atoms with Gasteiger partial charge in [-0.3, -0.25) is 4.79 Å². The Morgan fingerprint density at radius 1 is 1.62 bits per heavy atom. The fourth-order valence-corrected chi connectivity index (χ4v) is 2.88. The van der Waals surface area contributed by atoms with Gasteiger partial charge in [-0.1, -0.05) is 11.6 Å². The molecule has 0 aromatic heterocycles. The van der Waals surface area contributed by atoms with Gasteiger partial charge < -0.3 is 14.7 Å². The standard InChI is InChI=1S/C12H19NO3/c1-7-5-9(15)11-10(6-7)16-12(3,4)13(11)8(2)14/h6,9-11,15H,5H2,1-4H3/t9-,10+,11-/m1/s1. The number of hydrogen-bond acceptors (Lipinski definition) is 3. The van der Waals surface area contributed by atoms with Crippen molar-refractivity contribution in [2.45, 2.75) is 58.1 Å². The Hall–Kier alpha value is -0.870. The molecule has 1 aliphatic heterocycles. The van der Waals surface area contributed by atoms with E-state index in [2.05, 4.69) is 0 Å². The molecular weight excluding hydrogens is 206 g/mol. The minimum Gasteiger partial charge on any atom is -0.391 e. The van der Waals surface area contributed by atoms with Crippen molar-refractivity contribution < 1.29 is 14.6 Å². The smallest absolute Gasteiger partial charge is 0.222 e. The molecule has 1 fully saturated rings. The lowest BCUT2D eigenvalue weighted by Crippen LogP contribution is -2.52. The maximum Gasteiger partial charge on any atom is 0.222 e. The number of carbonyl (C=O) groups is 1. The van der Waals surface area contributed by atoms with Gasteiger partial charge in [0.2, 0.25) is 5.91 Å². The third kappa shape index (κ3) is 1.66. The lowest BCUT2D eigenvalue weighted by atomic mass is 9.90. The van der Waals surface area contributed by atoms with E-state index in [-0.39, 0.29) is 18.1 Å². The van der Waals surface area contributed by atoms with E-state index in [0.717, 1.165) is 5.57 Å². The Morgan fingerprint density at radius 2 is 2.25 bits per heavy atom. The van der Waals surface area contributed by atoms with Crippen LogP contribution in [0.3, 0.4) is 0 Å². The predicted octanol–water partition coefficient (Wildman–Crippen LogP) is 1.05. The van der Waals surface area contributed by atoms with E-state index in [1.165, 1.54) is 6.92 Å². The van der Waals surface area contributed by atoms with Gasteiger partial charge in [0, 0.05) is 6.92 Å². The van der Waals surface area contributed by atoms with Crippen molar-refractivity contribution in [3.63, 3.8) is 0 Å². The van der Waals surface area contributed by atoms with Gasteiger partial charge in [0.1, 0.15) is 11.8 Å². The van der Waals surface area contributed by atoms with Gasteiger partial charge in [0.25, 0.3) is 0 Å². The van der Waals surface area contributed by atoms with E-state index in [9.17, 15) is 9.90 Å². The molecule has 1 amide bonds. The number of aliphatic hydroxyl groups is 1. The number of hydrogen-bond donors (Lipinski definition) is 1. The van der Waals surface area contributed by atoms with Crippen LogP contribution in [0.4, 0.5) is 0 Å². The molecule has 1 heterocycles. The third-order valence-corrected chi connectivity index (χ3v) is 3.35. The molecule has 1 aliphatic carbocycles. The summed E-state index contributed by atoms with van der Waals surface area (Å²) in [5.41, 5.74) is 0.485. The Balaban J connectivity index is 2.37. The monoisotopic (exact) mass is 225 g/mol. The second-order valence-corrected chi connectivity index (χ2v) is 5.19. The first kappa shape index (κ1) is 11.6. The van der Waals surface area contributed by atoms with Gasteiger partial charge in [-0.05, 0) is 27.2 Å². The van der Waals surface area contributed by atoms with Gasteiger partial charge in [-0.2, -0.15) is 0 Å². The zero-order valence-electron chi connectivity index (χ0n) is 10.2. The molecule has 0 spiro atoms. The molecule has 0 saturated carbocycles. The second kappa shape index (κ2) is 3.57. The van der Waals surface area contributed by atoms with E-state index < -0.39 is 11.8 Å². The SMILES string of the molecule is CC(=O)N1[C@@H]2[C@H](O)CC(C)=C[C@@H]2OC1(C)C. The highest BCUT2D eigenvalue weighted by molar-refractivity contribution is 5.75. The second-order valence-electron chi connectivity index (χ2n) is 5.19. The first-order valence-corrected chi connectivity index (χ1v) is 5.66. The van der Waals surface area contributed by atoms with Gasteiger partial charge in [-0.25, -0.2) is 0 Å². The highest BCUT2D eigenvalue weighted by atomic mass is 16.5. The number of aliphatic hydroxyl groups excluding tert-OH is 1. The number of rotatable bonds is 0. The molecule has 1 saturated heterocycles. The lowest BCUT2D eigenvalue weighted by Gasteiger charge is -2.36. The first-order chi connectivity index (χ1) is 7.33. The van der Waals surface area contributed by atoms with E-state index in [1.54, 1.807) is 4.90 Å². The molecule has 2 rings (SSSR count). The Labute approximate surface area is 95.9 Å². The average molecular weight is 225 g/mol. The summed E-state index contributed by atoms with van der Waals surface area (Å²) in [5.74, 6) is -0.0514. The molecule has 0 aromatic rings. The molecule has 0 bridgehead atoms. The van der Waals surface area contributed by atoms with Crippen molar-refractivity contribution in [1.82, 2.24) is 4.90 Å². The summed E-state index contributed by atoms with van der Waals surface area (Å²) in [6.07, 6.45) is 1.93. The topological polar surface area (TPSA) is 49.8 Å². The molecule has 0 aromatic carbocycles. The minimum absolute atomic E-state index is 0.0514. The summed E-state index contributed by atoms with van der Waals surface area (Å²) < 4.78 is 5.84. The van der Waals surface area contributed by atoms with Crippen LogP contribution in [0.2, 0.25) is 0 Å². The van der Waals surface area contributed by atoms with Gasteiger partial charge in [0.15, 0.2) is 0 Å². The van der Waals surface area contributed by atoms with Gasteiger partial charge in [-0.15, -0.1) is 0 Å². The molecule has 90 valence electrons. The van der Waals surface area contributed by atoms with Crippen LogP contribution in [0, 0.1) is 0 Å². The van der Waals surface area contributed by atoms with Crippen LogP contribution in [0.15, 0.2) is 11.6 Å². The van der Waals surface area contributed by atoms with E-state index in [4.69, 9.17) is 4.74 Å². The molecule has 16 heavy (non-hydrogen) atoms. The largest absolute Gasteiger partial charge is 0.391 e. The molecular formula is C12H19NO3. The summed E-state index contributed by atoms with van der Waals surface area (Å²) in [5, 5.41) is 10.1. The Morgan fingerprint density at radius 3 is 2.81 bits per heavy atom. The fraction of sp³-hybridized carbons (Fsp3) is 0.750. The zero-order valence-corrected chi connectivity index (χ0v) is 10.2. The van der Waals surface area contributed by atoms with Crippen LogP contribution in [-0.4, -0.2) is 39.9 Å². The van der Waals surface area contributed by atoms with E-state index in [1.807, 2.05) is 26.8 Å². The summed E-state index contributed by atoms with van der Waals surface area (Å²) >= 11 is 0. The number of ether oxygens (including phenoxy) is 1. The van der Waals surface area contributed by atoms with Crippen molar-refractivity contribution >= 4 is 5.91 Å². The summed E-state index contributed by atoms with van der Waals surface area (Å²) in [7, 11) is 0. The van der Waals surface area contributed by atoms with Crippen LogP contribution >= 0.6 is 0 Å². The molecule has 3 atom stereocenters. The first-order valence-electron chi connectivity index (χ1n) is 5.66. The predicted molar refractivity (Wildman–Crippen MR) is 59.6 cm³/mol. The van der Waals surface area contributed by atoms with Crippen LogP contribution in [0.25, 0.3) is 0 Å². The van der Waals surface area contributed by atoms with Crippen LogP contribution in [0.1, 0.15) is 34.1 Å². The van der Waals surface area contributed by atoms with Crippen LogP contribution in [0.5, 0.6) is 0 Å². The number of nitrogens with zero attached hydrogens (tertiary/aromatic N) is 1. The molecule has 0 radical (unpaired) electrons. The normalized spacial score (nSPS) is 36.9. The zero-order chi connectivity index (χ0) is 12.1. The lowest BCUT2D eigenvalue weighted by molar-refractivity contribution is -0.146. The van der Waals surface area contributed by atoms with Crippen LogP contribution in [-0.2, 0) is 9.53 Å². The Bertz CT molecular complexity index is 348. The van der Waals surface area contributed by atoms with Crippen LogP contribution < -0.4 is 0 Å². The summed E-state index contributed by atoms with van der Waals surface area (Å²) in [6.45, 7) is 7.23.